The average Bonchev–Trinajstić information content (AvgIpc) is 2.49. The normalized spacial score (nSPS) is 15.7. The number of hydrogen-bond acceptors (Lipinski definition) is 3. The summed E-state index contributed by atoms with van der Waals surface area (Å²) in [5, 5.41) is 3.57. The summed E-state index contributed by atoms with van der Waals surface area (Å²) in [6.07, 6.45) is 1.01. The van der Waals surface area contributed by atoms with Gasteiger partial charge < -0.3 is 10.1 Å². The van der Waals surface area contributed by atoms with Crippen LogP contribution in [0.2, 0.25) is 0 Å². The molecule has 0 fully saturated rings. The maximum Gasteiger partial charge on any atom is 0.118 e. The van der Waals surface area contributed by atoms with Gasteiger partial charge >= 0.3 is 0 Å². The van der Waals surface area contributed by atoms with E-state index in [0.717, 1.165) is 24.5 Å². The van der Waals surface area contributed by atoms with Crippen molar-refractivity contribution in [1.82, 2.24) is 5.32 Å². The predicted molar refractivity (Wildman–Crippen MR) is 91.3 cm³/mol. The third-order valence-electron chi connectivity index (χ3n) is 3.68. The molecule has 0 aromatic heterocycles. The summed E-state index contributed by atoms with van der Waals surface area (Å²) in [4.78, 5) is 0. The Hall–Kier alpha value is -0.870. The molecule has 4 heteroatoms. The molecule has 0 bridgehead atoms. The SMILES string of the molecule is CCNC(c1ccc(OC)cc1)C(C)S(=O)CCC(C)C. The van der Waals surface area contributed by atoms with Crippen molar-refractivity contribution in [3.8, 4) is 5.75 Å². The lowest BCUT2D eigenvalue weighted by Crippen LogP contribution is -2.34. The van der Waals surface area contributed by atoms with E-state index >= 15 is 0 Å². The maximum absolute atomic E-state index is 12.5. The quantitative estimate of drug-likeness (QED) is 0.758. The van der Waals surface area contributed by atoms with E-state index in [9.17, 15) is 4.21 Å². The number of ether oxygens (including phenoxy) is 1. The van der Waals surface area contributed by atoms with Crippen molar-refractivity contribution < 1.29 is 8.95 Å². The summed E-state index contributed by atoms with van der Waals surface area (Å²) in [5.41, 5.74) is 1.17. The molecule has 0 radical (unpaired) electrons. The van der Waals surface area contributed by atoms with E-state index in [1.807, 2.05) is 12.1 Å². The van der Waals surface area contributed by atoms with Gasteiger partial charge in [0, 0.05) is 22.6 Å². The van der Waals surface area contributed by atoms with E-state index in [2.05, 4.69) is 45.1 Å². The molecule has 0 spiro atoms. The molecule has 0 amide bonds. The number of nitrogens with one attached hydrogen (secondary N) is 1. The van der Waals surface area contributed by atoms with Gasteiger partial charge in [-0.3, -0.25) is 4.21 Å². The van der Waals surface area contributed by atoms with Crippen LogP contribution in [0.15, 0.2) is 24.3 Å². The first-order chi connectivity index (χ1) is 9.99. The van der Waals surface area contributed by atoms with Gasteiger partial charge in [-0.15, -0.1) is 0 Å². The number of methoxy groups -OCH3 is 1. The molecule has 0 saturated carbocycles. The summed E-state index contributed by atoms with van der Waals surface area (Å²) < 4.78 is 17.7. The molecule has 0 heterocycles. The minimum Gasteiger partial charge on any atom is -0.497 e. The first kappa shape index (κ1) is 18.2. The Labute approximate surface area is 131 Å². The van der Waals surface area contributed by atoms with Crippen LogP contribution in [-0.2, 0) is 10.8 Å². The second-order valence-corrected chi connectivity index (χ2v) is 7.69. The topological polar surface area (TPSA) is 38.3 Å². The fourth-order valence-corrected chi connectivity index (χ4v) is 3.91. The Balaban J connectivity index is 2.80. The van der Waals surface area contributed by atoms with Gasteiger partial charge in [0.25, 0.3) is 0 Å². The monoisotopic (exact) mass is 311 g/mol. The Morgan fingerprint density at radius 1 is 1.19 bits per heavy atom. The molecule has 3 unspecified atom stereocenters. The maximum atomic E-state index is 12.5. The van der Waals surface area contributed by atoms with Crippen LogP contribution in [0, 0.1) is 5.92 Å². The molecule has 3 atom stereocenters. The summed E-state index contributed by atoms with van der Waals surface area (Å²) >= 11 is 0. The van der Waals surface area contributed by atoms with E-state index in [-0.39, 0.29) is 11.3 Å². The van der Waals surface area contributed by atoms with Crippen LogP contribution in [0.3, 0.4) is 0 Å². The van der Waals surface area contributed by atoms with Crippen molar-refractivity contribution in [2.24, 2.45) is 5.92 Å². The summed E-state index contributed by atoms with van der Waals surface area (Å²) in [7, 11) is 0.849. The summed E-state index contributed by atoms with van der Waals surface area (Å²) in [6, 6.07) is 8.16. The second kappa shape index (κ2) is 9.21. The van der Waals surface area contributed by atoms with Gasteiger partial charge in [-0.1, -0.05) is 32.9 Å². The Bertz CT molecular complexity index is 431. The van der Waals surface area contributed by atoms with Crippen LogP contribution >= 0.6 is 0 Å². The van der Waals surface area contributed by atoms with Crippen LogP contribution in [0.5, 0.6) is 5.75 Å². The lowest BCUT2D eigenvalue weighted by atomic mass is 10.0. The van der Waals surface area contributed by atoms with Gasteiger partial charge in [-0.2, -0.15) is 0 Å². The Kier molecular flexibility index (Phi) is 7.97. The highest BCUT2D eigenvalue weighted by molar-refractivity contribution is 7.85. The van der Waals surface area contributed by atoms with Crippen molar-refractivity contribution in [3.63, 3.8) is 0 Å². The lowest BCUT2D eigenvalue weighted by molar-refractivity contribution is 0.414. The zero-order valence-corrected chi connectivity index (χ0v) is 14.7. The van der Waals surface area contributed by atoms with Crippen LogP contribution in [0.4, 0.5) is 0 Å². The lowest BCUT2D eigenvalue weighted by Gasteiger charge is -2.25. The molecule has 0 aliphatic carbocycles. The molecule has 120 valence electrons. The highest BCUT2D eigenvalue weighted by atomic mass is 32.2. The van der Waals surface area contributed by atoms with Gasteiger partial charge in [0.05, 0.1) is 12.4 Å². The number of hydrogen-bond donors (Lipinski definition) is 1. The zero-order valence-electron chi connectivity index (χ0n) is 13.9. The van der Waals surface area contributed by atoms with Gasteiger partial charge in [0.15, 0.2) is 0 Å². The Morgan fingerprint density at radius 2 is 1.81 bits per heavy atom. The smallest absolute Gasteiger partial charge is 0.118 e. The molecule has 0 saturated heterocycles. The van der Waals surface area contributed by atoms with E-state index in [1.165, 1.54) is 5.56 Å². The number of rotatable bonds is 9. The molecule has 0 aliphatic heterocycles. The third-order valence-corrected chi connectivity index (χ3v) is 5.42. The Morgan fingerprint density at radius 3 is 2.29 bits per heavy atom. The first-order valence-electron chi connectivity index (χ1n) is 7.74. The summed E-state index contributed by atoms with van der Waals surface area (Å²) in [5.74, 6) is 2.22. The molecule has 1 aromatic carbocycles. The molecule has 0 aliphatic rings. The van der Waals surface area contributed by atoms with E-state index in [0.29, 0.717) is 5.92 Å². The van der Waals surface area contributed by atoms with E-state index in [1.54, 1.807) is 7.11 Å². The minimum atomic E-state index is -0.818. The largest absolute Gasteiger partial charge is 0.497 e. The predicted octanol–water partition coefficient (Wildman–Crippen LogP) is 3.53. The van der Waals surface area contributed by atoms with Crippen molar-refractivity contribution in [1.29, 1.82) is 0 Å². The molecule has 1 rings (SSSR count). The van der Waals surface area contributed by atoms with Crippen LogP contribution in [-0.4, -0.2) is 28.9 Å². The molecular weight excluding hydrogens is 282 g/mol. The standard InChI is InChI=1S/C17H29NO2S/c1-6-18-17(14(4)21(19)12-11-13(2)3)15-7-9-16(20-5)10-8-15/h7-10,13-14,17-18H,6,11-12H2,1-5H3. The van der Waals surface area contributed by atoms with Crippen LogP contribution in [0.1, 0.15) is 45.7 Å². The molecule has 1 N–H and O–H groups in total. The molecule has 21 heavy (non-hydrogen) atoms. The summed E-state index contributed by atoms with van der Waals surface area (Å²) in [6.45, 7) is 9.37. The van der Waals surface area contributed by atoms with Gasteiger partial charge in [-0.25, -0.2) is 0 Å². The number of benzene rings is 1. The fraction of sp³-hybridized carbons (Fsp3) is 0.647. The van der Waals surface area contributed by atoms with E-state index in [4.69, 9.17) is 4.74 Å². The molecule has 3 nitrogen and oxygen atoms in total. The second-order valence-electron chi connectivity index (χ2n) is 5.78. The highest BCUT2D eigenvalue weighted by Crippen LogP contribution is 2.24. The average molecular weight is 311 g/mol. The minimum absolute atomic E-state index is 0.0945. The fourth-order valence-electron chi connectivity index (χ4n) is 2.28. The van der Waals surface area contributed by atoms with Gasteiger partial charge in [0.1, 0.15) is 5.75 Å². The molecule has 1 aromatic rings. The van der Waals surface area contributed by atoms with Crippen molar-refractivity contribution in [2.75, 3.05) is 19.4 Å². The zero-order chi connectivity index (χ0) is 15.8. The highest BCUT2D eigenvalue weighted by Gasteiger charge is 2.23. The van der Waals surface area contributed by atoms with Crippen molar-refractivity contribution in [3.05, 3.63) is 29.8 Å². The van der Waals surface area contributed by atoms with Crippen LogP contribution < -0.4 is 10.1 Å². The first-order valence-corrected chi connectivity index (χ1v) is 9.12. The van der Waals surface area contributed by atoms with Crippen molar-refractivity contribution >= 4 is 10.8 Å². The van der Waals surface area contributed by atoms with Gasteiger partial charge in [-0.05, 0) is 43.5 Å². The van der Waals surface area contributed by atoms with Gasteiger partial charge in [0.2, 0.25) is 0 Å². The third kappa shape index (κ3) is 5.79. The van der Waals surface area contributed by atoms with E-state index < -0.39 is 10.8 Å². The molecular formula is C17H29NO2S. The van der Waals surface area contributed by atoms with Crippen molar-refractivity contribution in [2.45, 2.75) is 45.4 Å². The van der Waals surface area contributed by atoms with Crippen LogP contribution in [0.25, 0.3) is 0 Å².